The van der Waals surface area contributed by atoms with Gasteiger partial charge in [0.05, 0.1) is 4.90 Å². The Labute approximate surface area is 106 Å². The summed E-state index contributed by atoms with van der Waals surface area (Å²) < 4.78 is 25.8. The number of rotatable bonds is 5. The van der Waals surface area contributed by atoms with Gasteiger partial charge in [-0.15, -0.1) is 0 Å². The number of carbonyl (C=O) groups excluding carboxylic acids is 1. The number of carbonyl (C=O) groups is 1. The van der Waals surface area contributed by atoms with Gasteiger partial charge in [0, 0.05) is 24.9 Å². The molecule has 17 heavy (non-hydrogen) atoms. The summed E-state index contributed by atoms with van der Waals surface area (Å²) in [6.07, 6.45) is 0. The molecule has 0 saturated heterocycles. The number of amides is 1. The van der Waals surface area contributed by atoms with Gasteiger partial charge in [-0.2, -0.15) is 12.6 Å². The van der Waals surface area contributed by atoms with Crippen molar-refractivity contribution in [3.8, 4) is 0 Å². The van der Waals surface area contributed by atoms with Gasteiger partial charge in [-0.1, -0.05) is 0 Å². The average Bonchev–Trinajstić information content (AvgIpc) is 2.26. The second-order valence-electron chi connectivity index (χ2n) is 3.33. The van der Waals surface area contributed by atoms with Crippen LogP contribution in [0.15, 0.2) is 29.2 Å². The number of sulfonamides is 1. The fourth-order valence-electron chi connectivity index (χ4n) is 1.18. The summed E-state index contributed by atoms with van der Waals surface area (Å²) in [5.74, 6) is 0.234. The maximum Gasteiger partial charge on any atom is 0.240 e. The molecule has 1 amide bonds. The predicted octanol–water partition coefficient (Wildman–Crippen LogP) is 0.853. The molecule has 0 fully saturated rings. The number of hydrogen-bond acceptors (Lipinski definition) is 4. The van der Waals surface area contributed by atoms with E-state index >= 15 is 0 Å². The summed E-state index contributed by atoms with van der Waals surface area (Å²) in [6, 6.07) is 5.95. The lowest BCUT2D eigenvalue weighted by Gasteiger charge is -2.06. The number of thiol groups is 1. The molecule has 0 saturated carbocycles. The highest BCUT2D eigenvalue weighted by Crippen LogP contribution is 2.13. The van der Waals surface area contributed by atoms with Crippen LogP contribution in [0.1, 0.15) is 6.92 Å². The van der Waals surface area contributed by atoms with Crippen LogP contribution in [0.4, 0.5) is 5.69 Å². The first kappa shape index (κ1) is 14.0. The molecular weight excluding hydrogens is 260 g/mol. The highest BCUT2D eigenvalue weighted by Gasteiger charge is 2.12. The third-order valence-corrected chi connectivity index (χ3v) is 3.59. The molecule has 7 heteroatoms. The van der Waals surface area contributed by atoms with Gasteiger partial charge in [0.2, 0.25) is 15.9 Å². The second kappa shape index (κ2) is 6.04. The normalized spacial score (nSPS) is 11.2. The fraction of sp³-hybridized carbons (Fsp3) is 0.300. The van der Waals surface area contributed by atoms with E-state index in [0.717, 1.165) is 0 Å². The molecule has 0 aromatic heterocycles. The molecule has 0 aliphatic heterocycles. The number of anilines is 1. The van der Waals surface area contributed by atoms with Crippen LogP contribution < -0.4 is 10.0 Å². The van der Waals surface area contributed by atoms with Crippen LogP contribution in [0, 0.1) is 0 Å². The lowest BCUT2D eigenvalue weighted by molar-refractivity contribution is -0.114. The number of nitrogens with one attached hydrogen (secondary N) is 2. The van der Waals surface area contributed by atoms with Gasteiger partial charge in [0.15, 0.2) is 0 Å². The smallest absolute Gasteiger partial charge is 0.240 e. The Kier molecular flexibility index (Phi) is 4.98. The summed E-state index contributed by atoms with van der Waals surface area (Å²) in [7, 11) is -3.48. The highest BCUT2D eigenvalue weighted by atomic mass is 32.2. The zero-order valence-corrected chi connectivity index (χ0v) is 11.0. The predicted molar refractivity (Wildman–Crippen MR) is 69.8 cm³/mol. The standard InChI is InChI=1S/C10H14N2O3S2/c1-8(13)12-9-2-4-10(5-3-9)17(14,15)11-6-7-16/h2-5,11,16H,6-7H2,1H3,(H,12,13). The van der Waals surface area contributed by atoms with Crippen molar-refractivity contribution in [3.63, 3.8) is 0 Å². The molecule has 5 nitrogen and oxygen atoms in total. The first-order valence-corrected chi connectivity index (χ1v) is 7.05. The third kappa shape index (κ3) is 4.37. The molecule has 0 aliphatic carbocycles. The molecule has 0 bridgehead atoms. The van der Waals surface area contributed by atoms with Crippen LogP contribution >= 0.6 is 12.6 Å². The van der Waals surface area contributed by atoms with Crippen molar-refractivity contribution in [2.24, 2.45) is 0 Å². The first-order valence-electron chi connectivity index (χ1n) is 4.94. The molecule has 1 rings (SSSR count). The summed E-state index contributed by atoms with van der Waals surface area (Å²) >= 11 is 3.92. The first-order chi connectivity index (χ1) is 7.95. The van der Waals surface area contributed by atoms with Gasteiger partial charge in [0.1, 0.15) is 0 Å². The zero-order valence-electron chi connectivity index (χ0n) is 9.30. The molecule has 0 aliphatic rings. The maximum absolute atomic E-state index is 11.7. The summed E-state index contributed by atoms with van der Waals surface area (Å²) in [5, 5.41) is 2.56. The molecule has 0 atom stereocenters. The molecule has 0 radical (unpaired) electrons. The summed E-state index contributed by atoms with van der Waals surface area (Å²) in [6.45, 7) is 1.66. The van der Waals surface area contributed by atoms with E-state index in [9.17, 15) is 13.2 Å². The van der Waals surface area contributed by atoms with Gasteiger partial charge in [0.25, 0.3) is 0 Å². The summed E-state index contributed by atoms with van der Waals surface area (Å²) in [5.41, 5.74) is 0.561. The van der Waals surface area contributed by atoms with E-state index < -0.39 is 10.0 Å². The van der Waals surface area contributed by atoms with Crippen LogP contribution in [0.25, 0.3) is 0 Å². The Morgan fingerprint density at radius 3 is 2.35 bits per heavy atom. The SMILES string of the molecule is CC(=O)Nc1ccc(S(=O)(=O)NCCS)cc1. The molecule has 0 heterocycles. The fourth-order valence-corrected chi connectivity index (χ4v) is 2.48. The zero-order chi connectivity index (χ0) is 12.9. The highest BCUT2D eigenvalue weighted by molar-refractivity contribution is 7.89. The molecule has 1 aromatic carbocycles. The lowest BCUT2D eigenvalue weighted by atomic mass is 10.3. The molecular formula is C10H14N2O3S2. The van der Waals surface area contributed by atoms with Crippen molar-refractivity contribution < 1.29 is 13.2 Å². The van der Waals surface area contributed by atoms with E-state index in [1.807, 2.05) is 0 Å². The van der Waals surface area contributed by atoms with Crippen LogP contribution in [-0.4, -0.2) is 26.6 Å². The van der Waals surface area contributed by atoms with E-state index in [1.165, 1.54) is 31.2 Å². The van der Waals surface area contributed by atoms with Crippen molar-refractivity contribution >= 4 is 34.2 Å². The average molecular weight is 274 g/mol. The lowest BCUT2D eigenvalue weighted by Crippen LogP contribution is -2.25. The second-order valence-corrected chi connectivity index (χ2v) is 5.54. The van der Waals surface area contributed by atoms with Gasteiger partial charge in [-0.25, -0.2) is 13.1 Å². The van der Waals surface area contributed by atoms with Crippen LogP contribution in [0.3, 0.4) is 0 Å². The minimum atomic E-state index is -3.48. The van der Waals surface area contributed by atoms with E-state index in [-0.39, 0.29) is 17.3 Å². The number of benzene rings is 1. The van der Waals surface area contributed by atoms with Crippen LogP contribution in [-0.2, 0) is 14.8 Å². The van der Waals surface area contributed by atoms with Crippen molar-refractivity contribution in [2.45, 2.75) is 11.8 Å². The molecule has 1 aromatic rings. The Balaban J connectivity index is 2.83. The van der Waals surface area contributed by atoms with E-state index in [0.29, 0.717) is 11.4 Å². The van der Waals surface area contributed by atoms with E-state index in [4.69, 9.17) is 0 Å². The molecule has 0 unspecified atom stereocenters. The molecule has 94 valence electrons. The minimum Gasteiger partial charge on any atom is -0.326 e. The molecule has 0 spiro atoms. The topological polar surface area (TPSA) is 75.3 Å². The van der Waals surface area contributed by atoms with Gasteiger partial charge < -0.3 is 5.32 Å². The van der Waals surface area contributed by atoms with Crippen molar-refractivity contribution in [1.82, 2.24) is 4.72 Å². The van der Waals surface area contributed by atoms with Gasteiger partial charge in [-0.3, -0.25) is 4.79 Å². The van der Waals surface area contributed by atoms with Crippen molar-refractivity contribution in [3.05, 3.63) is 24.3 Å². The van der Waals surface area contributed by atoms with E-state index in [1.54, 1.807) is 0 Å². The van der Waals surface area contributed by atoms with Crippen molar-refractivity contribution in [1.29, 1.82) is 0 Å². The van der Waals surface area contributed by atoms with Crippen LogP contribution in [0.2, 0.25) is 0 Å². The quantitative estimate of drug-likeness (QED) is 0.697. The Bertz CT molecular complexity index is 483. The van der Waals surface area contributed by atoms with Crippen LogP contribution in [0.5, 0.6) is 0 Å². The van der Waals surface area contributed by atoms with Crippen molar-refractivity contribution in [2.75, 3.05) is 17.6 Å². The largest absolute Gasteiger partial charge is 0.326 e. The number of hydrogen-bond donors (Lipinski definition) is 3. The monoisotopic (exact) mass is 274 g/mol. The molecule has 2 N–H and O–H groups in total. The minimum absolute atomic E-state index is 0.161. The van der Waals surface area contributed by atoms with Gasteiger partial charge >= 0.3 is 0 Å². The Morgan fingerprint density at radius 1 is 1.29 bits per heavy atom. The Hall–Kier alpha value is -1.05. The van der Waals surface area contributed by atoms with E-state index in [2.05, 4.69) is 22.7 Å². The van der Waals surface area contributed by atoms with Gasteiger partial charge in [-0.05, 0) is 24.3 Å². The third-order valence-electron chi connectivity index (χ3n) is 1.89. The maximum atomic E-state index is 11.7. The Morgan fingerprint density at radius 2 is 1.88 bits per heavy atom. The summed E-state index contributed by atoms with van der Waals surface area (Å²) in [4.78, 5) is 10.9.